The predicted molar refractivity (Wildman–Crippen MR) is 125 cm³/mol. The van der Waals surface area contributed by atoms with Crippen molar-refractivity contribution in [2.24, 2.45) is 17.9 Å². The molecule has 0 aliphatic carbocycles. The van der Waals surface area contributed by atoms with E-state index in [1.54, 1.807) is 43.2 Å². The third kappa shape index (κ3) is 4.14. The van der Waals surface area contributed by atoms with E-state index in [2.05, 4.69) is 15.2 Å². The van der Waals surface area contributed by atoms with Crippen molar-refractivity contribution in [1.29, 1.82) is 0 Å². The van der Waals surface area contributed by atoms with Crippen LogP contribution in [-0.4, -0.2) is 25.8 Å². The quantitative estimate of drug-likeness (QED) is 0.149. The van der Waals surface area contributed by atoms with Gasteiger partial charge < -0.3 is 20.1 Å². The number of aryl methyl sites for hydroxylation is 2. The molecule has 3 N–H and O–H groups in total. The van der Waals surface area contributed by atoms with E-state index < -0.39 is 6.10 Å². The molecule has 170 valence electrons. The van der Waals surface area contributed by atoms with Gasteiger partial charge in [-0.15, -0.1) is 0 Å². The van der Waals surface area contributed by atoms with Crippen molar-refractivity contribution in [2.75, 3.05) is 0 Å². The smallest absolute Gasteiger partial charge is 0.196 e. The molecule has 0 bridgehead atoms. The average molecular weight is 468 g/mol. The van der Waals surface area contributed by atoms with Crippen molar-refractivity contribution < 1.29 is 14.4 Å². The molecule has 3 heterocycles. The first-order chi connectivity index (χ1) is 15.7. The van der Waals surface area contributed by atoms with Gasteiger partial charge in [-0.05, 0) is 50.6 Å². The Morgan fingerprint density at radius 3 is 2.76 bits per heavy atom. The Morgan fingerprint density at radius 1 is 1.33 bits per heavy atom. The van der Waals surface area contributed by atoms with Crippen molar-refractivity contribution in [3.8, 4) is 17.1 Å². The molecule has 1 atom stereocenters. The Bertz CT molecular complexity index is 1460. The molecule has 3 aromatic heterocycles. The molecule has 0 fully saturated rings. The summed E-state index contributed by atoms with van der Waals surface area (Å²) in [6, 6.07) is 6.81. The van der Waals surface area contributed by atoms with Crippen LogP contribution < -0.4 is 15.9 Å². The summed E-state index contributed by atoms with van der Waals surface area (Å²) < 4.78 is 14.0. The number of aromatic nitrogens is 3. The van der Waals surface area contributed by atoms with Crippen LogP contribution in [0.5, 0.6) is 5.75 Å². The molecule has 0 unspecified atom stereocenters. The molecule has 0 spiro atoms. The maximum absolute atomic E-state index is 13.2. The number of fused-ring (bicyclic) bond motifs is 1. The zero-order chi connectivity index (χ0) is 23.9. The van der Waals surface area contributed by atoms with Crippen LogP contribution in [0.15, 0.2) is 51.0 Å². The van der Waals surface area contributed by atoms with Gasteiger partial charge in [0.15, 0.2) is 17.0 Å². The molecule has 33 heavy (non-hydrogen) atoms. The molecular weight excluding hydrogens is 446 g/mol. The minimum absolute atomic E-state index is 0.0992. The second-order valence-corrected chi connectivity index (χ2v) is 8.13. The van der Waals surface area contributed by atoms with E-state index in [0.29, 0.717) is 33.4 Å². The first-order valence-electron chi connectivity index (χ1n) is 10.1. The van der Waals surface area contributed by atoms with E-state index in [0.717, 1.165) is 5.56 Å². The van der Waals surface area contributed by atoms with Crippen LogP contribution in [0.2, 0.25) is 5.15 Å². The van der Waals surface area contributed by atoms with Crippen LogP contribution >= 0.6 is 11.6 Å². The van der Waals surface area contributed by atoms with E-state index in [-0.39, 0.29) is 27.9 Å². The van der Waals surface area contributed by atoms with E-state index in [1.807, 2.05) is 19.9 Å². The Morgan fingerprint density at radius 2 is 2.09 bits per heavy atom. The topological polar surface area (TPSA) is 129 Å². The molecule has 0 aliphatic rings. The molecule has 0 saturated heterocycles. The van der Waals surface area contributed by atoms with Crippen LogP contribution in [0.3, 0.4) is 0 Å². The van der Waals surface area contributed by atoms with E-state index in [4.69, 9.17) is 31.7 Å². The lowest BCUT2D eigenvalue weighted by molar-refractivity contribution is 0.225. The highest BCUT2D eigenvalue weighted by Gasteiger charge is 2.22. The second kappa shape index (κ2) is 8.59. The van der Waals surface area contributed by atoms with Gasteiger partial charge in [0.05, 0.1) is 17.1 Å². The lowest BCUT2D eigenvalue weighted by Crippen LogP contribution is -2.18. The maximum Gasteiger partial charge on any atom is 0.196 e. The summed E-state index contributed by atoms with van der Waals surface area (Å²) in [5.74, 6) is 0.469. The maximum atomic E-state index is 13.2. The van der Waals surface area contributed by atoms with E-state index in [1.165, 1.54) is 6.07 Å². The summed E-state index contributed by atoms with van der Waals surface area (Å²) in [7, 11) is 1.79. The van der Waals surface area contributed by atoms with Gasteiger partial charge in [-0.2, -0.15) is 5.10 Å². The average Bonchev–Trinajstić information content (AvgIpc) is 3.22. The monoisotopic (exact) mass is 467 g/mol. The van der Waals surface area contributed by atoms with Crippen molar-refractivity contribution in [3.05, 3.63) is 74.4 Å². The highest BCUT2D eigenvalue weighted by molar-refractivity contribution is 6.29. The van der Waals surface area contributed by atoms with Crippen LogP contribution in [0.25, 0.3) is 22.3 Å². The first kappa shape index (κ1) is 22.3. The van der Waals surface area contributed by atoms with Crippen molar-refractivity contribution >= 4 is 28.4 Å². The third-order valence-corrected chi connectivity index (χ3v) is 5.49. The third-order valence-electron chi connectivity index (χ3n) is 5.28. The predicted octanol–water partition coefficient (Wildman–Crippen LogP) is 4.09. The number of oxime groups is 1. The van der Waals surface area contributed by atoms with E-state index in [9.17, 15) is 4.79 Å². The van der Waals surface area contributed by atoms with Gasteiger partial charge in [0.2, 0.25) is 0 Å². The number of hydrogen-bond acceptors (Lipinski definition) is 7. The fourth-order valence-electron chi connectivity index (χ4n) is 3.69. The van der Waals surface area contributed by atoms with E-state index >= 15 is 0 Å². The Balaban J connectivity index is 1.88. The van der Waals surface area contributed by atoms with Crippen molar-refractivity contribution in [2.45, 2.75) is 26.9 Å². The van der Waals surface area contributed by atoms with Gasteiger partial charge in [0, 0.05) is 24.4 Å². The van der Waals surface area contributed by atoms with Gasteiger partial charge in [0.1, 0.15) is 28.3 Å². The summed E-state index contributed by atoms with van der Waals surface area (Å²) >= 11 is 5.96. The van der Waals surface area contributed by atoms with Crippen LogP contribution in [0.1, 0.15) is 35.4 Å². The largest absolute Gasteiger partial charge is 0.483 e. The Labute approximate surface area is 194 Å². The zero-order valence-electron chi connectivity index (χ0n) is 18.5. The second-order valence-electron chi connectivity index (χ2n) is 7.74. The molecule has 4 aromatic rings. The molecule has 0 aliphatic heterocycles. The standard InChI is InChI=1S/C23H22ClN5O4/c1-11-7-15(13(3)32-17-5-6-18(24)27-19(17)23(25)28-31)22-16(8-11)20(30)12(2)21(33-22)14-9-26-29(4)10-14/h5-10,13,31H,1-4H3,(H2,25,28)/t13-/m1/s1. The highest BCUT2D eigenvalue weighted by Crippen LogP contribution is 2.33. The normalized spacial score (nSPS) is 12.8. The lowest BCUT2D eigenvalue weighted by atomic mass is 10.0. The molecule has 1 aromatic carbocycles. The number of nitrogens with two attached hydrogens (primary N) is 1. The van der Waals surface area contributed by atoms with Crippen LogP contribution in [-0.2, 0) is 7.05 Å². The van der Waals surface area contributed by atoms with Crippen LogP contribution in [0, 0.1) is 13.8 Å². The van der Waals surface area contributed by atoms with Gasteiger partial charge in [0.25, 0.3) is 0 Å². The number of halogens is 1. The number of ether oxygens (including phenoxy) is 1. The minimum Gasteiger partial charge on any atom is -0.483 e. The van der Waals surface area contributed by atoms with Crippen molar-refractivity contribution in [1.82, 2.24) is 14.8 Å². The molecule has 4 rings (SSSR count). The summed E-state index contributed by atoms with van der Waals surface area (Å²) in [5, 5.41) is 16.9. The number of pyridine rings is 1. The van der Waals surface area contributed by atoms with Gasteiger partial charge in [-0.25, -0.2) is 4.98 Å². The van der Waals surface area contributed by atoms with Gasteiger partial charge in [-0.3, -0.25) is 9.48 Å². The molecule has 0 radical (unpaired) electrons. The number of rotatable bonds is 5. The molecule has 0 saturated carbocycles. The summed E-state index contributed by atoms with van der Waals surface area (Å²) in [6.07, 6.45) is 2.86. The SMILES string of the molecule is Cc1cc([C@@H](C)Oc2ccc(Cl)nc2C(N)=NO)c2oc(-c3cnn(C)c3)c(C)c(=O)c2c1. The summed E-state index contributed by atoms with van der Waals surface area (Å²) in [6.45, 7) is 5.44. The summed E-state index contributed by atoms with van der Waals surface area (Å²) in [4.78, 5) is 17.3. The number of amidine groups is 1. The van der Waals surface area contributed by atoms with Gasteiger partial charge >= 0.3 is 0 Å². The highest BCUT2D eigenvalue weighted by atomic mass is 35.5. The van der Waals surface area contributed by atoms with Crippen molar-refractivity contribution in [3.63, 3.8) is 0 Å². The minimum atomic E-state index is -0.576. The fraction of sp³-hybridized carbons (Fsp3) is 0.217. The van der Waals surface area contributed by atoms with Gasteiger partial charge in [-0.1, -0.05) is 16.8 Å². The number of hydrogen-bond donors (Lipinski definition) is 2. The fourth-order valence-corrected chi connectivity index (χ4v) is 3.83. The summed E-state index contributed by atoms with van der Waals surface area (Å²) in [5.41, 5.74) is 8.86. The zero-order valence-corrected chi connectivity index (χ0v) is 19.2. The van der Waals surface area contributed by atoms with Crippen LogP contribution in [0.4, 0.5) is 0 Å². The number of benzene rings is 1. The molecular formula is C23H22ClN5O4. The molecule has 0 amide bonds. The molecule has 9 nitrogen and oxygen atoms in total. The Kier molecular flexibility index (Phi) is 5.82. The first-order valence-corrected chi connectivity index (χ1v) is 10.5. The molecule has 10 heteroatoms. The number of nitrogens with zero attached hydrogens (tertiary/aromatic N) is 4. The lowest BCUT2D eigenvalue weighted by Gasteiger charge is -2.19. The Hall–Kier alpha value is -3.85.